The van der Waals surface area contributed by atoms with Crippen molar-refractivity contribution < 1.29 is 4.42 Å². The highest BCUT2D eigenvalue weighted by Gasteiger charge is 2.16. The summed E-state index contributed by atoms with van der Waals surface area (Å²) in [6.07, 6.45) is 1.72. The molecule has 0 spiro atoms. The van der Waals surface area contributed by atoms with E-state index in [1.54, 1.807) is 6.26 Å². The van der Waals surface area contributed by atoms with Crippen molar-refractivity contribution in [3.63, 3.8) is 0 Å². The zero-order valence-electron chi connectivity index (χ0n) is 11.7. The number of rotatable bonds is 5. The molecule has 1 unspecified atom stereocenters. The summed E-state index contributed by atoms with van der Waals surface area (Å²) in [5, 5.41) is 3.59. The second kappa shape index (κ2) is 6.60. The number of nitrogens with one attached hydrogen (secondary N) is 1. The van der Waals surface area contributed by atoms with E-state index in [0.717, 1.165) is 12.3 Å². The second-order valence-electron chi connectivity index (χ2n) is 4.86. The van der Waals surface area contributed by atoms with E-state index in [1.165, 1.54) is 19.8 Å². The molecule has 0 aliphatic rings. The van der Waals surface area contributed by atoms with Crippen LogP contribution < -0.4 is 5.32 Å². The number of aryl methyl sites for hydroxylation is 1. The van der Waals surface area contributed by atoms with Crippen molar-refractivity contribution >= 4 is 27.3 Å². The predicted octanol–water partition coefficient (Wildman–Crippen LogP) is 5.29. The molecule has 0 aliphatic carbocycles. The molecule has 0 fully saturated rings. The van der Waals surface area contributed by atoms with E-state index in [0.29, 0.717) is 0 Å². The molecule has 4 heteroatoms. The Morgan fingerprint density at radius 1 is 1.19 bits per heavy atom. The maximum absolute atomic E-state index is 5.60. The molecular formula is C17H16BrNOS. The largest absolute Gasteiger partial charge is 0.467 e. The molecular weight excluding hydrogens is 346 g/mol. The van der Waals surface area contributed by atoms with Crippen LogP contribution in [0.25, 0.3) is 0 Å². The second-order valence-corrected chi connectivity index (χ2v) is 7.05. The molecule has 0 radical (unpaired) electrons. The van der Waals surface area contributed by atoms with Crippen LogP contribution >= 0.6 is 27.3 Å². The summed E-state index contributed by atoms with van der Waals surface area (Å²) in [4.78, 5) is 2.62. The average Bonchev–Trinajstić information content (AvgIpc) is 3.12. The lowest BCUT2D eigenvalue weighted by Crippen LogP contribution is -2.21. The van der Waals surface area contributed by atoms with Crippen molar-refractivity contribution in [1.29, 1.82) is 0 Å². The van der Waals surface area contributed by atoms with Crippen molar-refractivity contribution in [3.8, 4) is 0 Å². The molecule has 2 nitrogen and oxygen atoms in total. The maximum Gasteiger partial charge on any atom is 0.125 e. The molecule has 2 aromatic heterocycles. The SMILES string of the molecule is Cc1sc(CNC(c2ccccc2)c2ccco2)cc1Br. The number of hydrogen-bond donors (Lipinski definition) is 1. The monoisotopic (exact) mass is 361 g/mol. The summed E-state index contributed by atoms with van der Waals surface area (Å²) in [7, 11) is 0. The minimum atomic E-state index is 0.0716. The van der Waals surface area contributed by atoms with Crippen LogP contribution in [0.15, 0.2) is 63.7 Å². The van der Waals surface area contributed by atoms with E-state index in [4.69, 9.17) is 4.42 Å². The summed E-state index contributed by atoms with van der Waals surface area (Å²) in [6.45, 7) is 2.94. The standard InChI is InChI=1S/C17H16BrNOS/c1-12-15(18)10-14(21-12)11-19-17(16-8-5-9-20-16)13-6-3-2-4-7-13/h2-10,17,19H,11H2,1H3. The van der Waals surface area contributed by atoms with Gasteiger partial charge in [0.25, 0.3) is 0 Å². The third-order valence-electron chi connectivity index (χ3n) is 3.35. The highest BCUT2D eigenvalue weighted by Crippen LogP contribution is 2.28. The fourth-order valence-electron chi connectivity index (χ4n) is 2.29. The topological polar surface area (TPSA) is 25.2 Å². The smallest absolute Gasteiger partial charge is 0.125 e. The fourth-order valence-corrected chi connectivity index (χ4v) is 3.84. The molecule has 1 atom stereocenters. The van der Waals surface area contributed by atoms with Gasteiger partial charge in [-0.1, -0.05) is 30.3 Å². The van der Waals surface area contributed by atoms with Crippen LogP contribution in [0, 0.1) is 6.92 Å². The molecule has 3 rings (SSSR count). The van der Waals surface area contributed by atoms with Crippen molar-refractivity contribution in [1.82, 2.24) is 5.32 Å². The van der Waals surface area contributed by atoms with E-state index >= 15 is 0 Å². The summed E-state index contributed by atoms with van der Waals surface area (Å²) in [6, 6.07) is 16.6. The Bertz CT molecular complexity index is 671. The number of hydrogen-bond acceptors (Lipinski definition) is 3. The van der Waals surface area contributed by atoms with Gasteiger partial charge in [0.2, 0.25) is 0 Å². The van der Waals surface area contributed by atoms with Gasteiger partial charge in [0, 0.05) is 20.8 Å². The molecule has 0 aliphatic heterocycles. The Kier molecular flexibility index (Phi) is 4.58. The van der Waals surface area contributed by atoms with E-state index in [1.807, 2.05) is 29.5 Å². The average molecular weight is 362 g/mol. The molecule has 0 saturated carbocycles. The van der Waals surface area contributed by atoms with E-state index in [2.05, 4.69) is 58.5 Å². The van der Waals surface area contributed by atoms with Crippen molar-refractivity contribution in [2.75, 3.05) is 0 Å². The van der Waals surface area contributed by atoms with Crippen LogP contribution in [0.4, 0.5) is 0 Å². The van der Waals surface area contributed by atoms with Gasteiger partial charge in [0.05, 0.1) is 12.3 Å². The third kappa shape index (κ3) is 3.46. The maximum atomic E-state index is 5.60. The molecule has 21 heavy (non-hydrogen) atoms. The predicted molar refractivity (Wildman–Crippen MR) is 90.6 cm³/mol. The first-order chi connectivity index (χ1) is 10.2. The van der Waals surface area contributed by atoms with E-state index < -0.39 is 0 Å². The van der Waals surface area contributed by atoms with E-state index in [9.17, 15) is 0 Å². The van der Waals surface area contributed by atoms with Gasteiger partial charge in [-0.2, -0.15) is 0 Å². The van der Waals surface area contributed by atoms with Crippen molar-refractivity contribution in [2.45, 2.75) is 19.5 Å². The first-order valence-corrected chi connectivity index (χ1v) is 8.41. The van der Waals surface area contributed by atoms with Crippen LogP contribution in [0.3, 0.4) is 0 Å². The Morgan fingerprint density at radius 3 is 2.62 bits per heavy atom. The van der Waals surface area contributed by atoms with Crippen LogP contribution in [-0.4, -0.2) is 0 Å². The highest BCUT2D eigenvalue weighted by atomic mass is 79.9. The van der Waals surface area contributed by atoms with Gasteiger partial charge in [-0.05, 0) is 46.6 Å². The van der Waals surface area contributed by atoms with Gasteiger partial charge < -0.3 is 4.42 Å². The normalized spacial score (nSPS) is 12.5. The molecule has 3 aromatic rings. The van der Waals surface area contributed by atoms with E-state index in [-0.39, 0.29) is 6.04 Å². The molecule has 108 valence electrons. The van der Waals surface area contributed by atoms with Gasteiger partial charge in [0.15, 0.2) is 0 Å². The summed E-state index contributed by atoms with van der Waals surface area (Å²) in [5.74, 6) is 0.938. The number of benzene rings is 1. The minimum absolute atomic E-state index is 0.0716. The number of halogens is 1. The number of thiophene rings is 1. The Hall–Kier alpha value is -1.36. The molecule has 0 bridgehead atoms. The molecule has 1 N–H and O–H groups in total. The zero-order valence-corrected chi connectivity index (χ0v) is 14.1. The van der Waals surface area contributed by atoms with Gasteiger partial charge in [-0.15, -0.1) is 11.3 Å². The lowest BCUT2D eigenvalue weighted by molar-refractivity contribution is 0.447. The molecule has 2 heterocycles. The van der Waals surface area contributed by atoms with Gasteiger partial charge in [0.1, 0.15) is 5.76 Å². The number of furan rings is 1. The molecule has 0 saturated heterocycles. The summed E-state index contributed by atoms with van der Waals surface area (Å²) < 4.78 is 6.78. The Labute approximate surface area is 136 Å². The van der Waals surface area contributed by atoms with Crippen LogP contribution in [0.2, 0.25) is 0 Å². The van der Waals surface area contributed by atoms with Crippen LogP contribution in [0.5, 0.6) is 0 Å². The fraction of sp³-hybridized carbons (Fsp3) is 0.176. The quantitative estimate of drug-likeness (QED) is 0.667. The van der Waals surface area contributed by atoms with Crippen molar-refractivity contribution in [3.05, 3.63) is 80.3 Å². The lowest BCUT2D eigenvalue weighted by Gasteiger charge is -2.16. The first kappa shape index (κ1) is 14.6. The van der Waals surface area contributed by atoms with Gasteiger partial charge in [-0.25, -0.2) is 0 Å². The Morgan fingerprint density at radius 2 is 2.00 bits per heavy atom. The van der Waals surface area contributed by atoms with Crippen LogP contribution in [-0.2, 0) is 6.54 Å². The summed E-state index contributed by atoms with van der Waals surface area (Å²) >= 11 is 5.38. The van der Waals surface area contributed by atoms with Crippen LogP contribution in [0.1, 0.15) is 27.1 Å². The third-order valence-corrected chi connectivity index (χ3v) is 5.49. The lowest BCUT2D eigenvalue weighted by atomic mass is 10.0. The molecule has 1 aromatic carbocycles. The highest BCUT2D eigenvalue weighted by molar-refractivity contribution is 9.10. The minimum Gasteiger partial charge on any atom is -0.467 e. The summed E-state index contributed by atoms with van der Waals surface area (Å²) in [5.41, 5.74) is 1.21. The molecule has 0 amide bonds. The zero-order chi connectivity index (χ0) is 14.7. The first-order valence-electron chi connectivity index (χ1n) is 6.80. The van der Waals surface area contributed by atoms with Crippen molar-refractivity contribution in [2.24, 2.45) is 0 Å². The Balaban J connectivity index is 1.80. The van der Waals surface area contributed by atoms with Gasteiger partial charge in [-0.3, -0.25) is 5.32 Å². The van der Waals surface area contributed by atoms with Gasteiger partial charge >= 0.3 is 0 Å².